The summed E-state index contributed by atoms with van der Waals surface area (Å²) >= 11 is 0. The number of nitrogens with zero attached hydrogens (tertiary/aromatic N) is 3. The topological polar surface area (TPSA) is 38.7 Å². The Balaban J connectivity index is 0.000000461. The quantitative estimate of drug-likeness (QED) is 0.570. The molecule has 0 aliphatic rings. The summed E-state index contributed by atoms with van der Waals surface area (Å²) in [7, 11) is 0. The number of aryl methyl sites for hydroxylation is 3. The smallest absolute Gasteiger partial charge is 0.148 e. The van der Waals surface area contributed by atoms with Gasteiger partial charge in [-0.2, -0.15) is 5.10 Å². The molecule has 0 aliphatic carbocycles. The molecular weight excluding hydrogens is 138 g/mol. The second-order valence-corrected chi connectivity index (χ2v) is 2.03. The van der Waals surface area contributed by atoms with Gasteiger partial charge in [0, 0.05) is 0 Å². The van der Waals surface area contributed by atoms with Gasteiger partial charge in [0.05, 0.1) is 11.4 Å². The molecule has 1 aromatic heterocycles. The van der Waals surface area contributed by atoms with Crippen molar-refractivity contribution in [1.82, 2.24) is 15.2 Å². The van der Waals surface area contributed by atoms with Crippen LogP contribution in [0.15, 0.2) is 0 Å². The van der Waals surface area contributed by atoms with Crippen LogP contribution in [-0.2, 0) is 0 Å². The van der Waals surface area contributed by atoms with Gasteiger partial charge in [-0.3, -0.25) is 0 Å². The molecule has 0 N–H and O–H groups in total. The van der Waals surface area contributed by atoms with Crippen molar-refractivity contribution in [3.05, 3.63) is 17.2 Å². The molecule has 0 saturated carbocycles. The van der Waals surface area contributed by atoms with E-state index in [1.165, 1.54) is 0 Å². The average Bonchev–Trinajstić information content (AvgIpc) is 2.02. The largest absolute Gasteiger partial charge is 0.235 e. The van der Waals surface area contributed by atoms with Gasteiger partial charge in [-0.15, -0.1) is 5.10 Å². The zero-order chi connectivity index (χ0) is 8.85. The van der Waals surface area contributed by atoms with Gasteiger partial charge in [-0.25, -0.2) is 4.98 Å². The Morgan fingerprint density at radius 1 is 0.818 bits per heavy atom. The average molecular weight is 153 g/mol. The van der Waals surface area contributed by atoms with Crippen molar-refractivity contribution in [1.29, 1.82) is 0 Å². The van der Waals surface area contributed by atoms with E-state index in [0.717, 1.165) is 17.2 Å². The zero-order valence-electron chi connectivity index (χ0n) is 7.84. The van der Waals surface area contributed by atoms with Crippen LogP contribution in [0.5, 0.6) is 0 Å². The Kier molecular flexibility index (Phi) is 4.34. The predicted octanol–water partition coefficient (Wildman–Crippen LogP) is 1.82. The van der Waals surface area contributed by atoms with Crippen LogP contribution < -0.4 is 0 Å². The van der Waals surface area contributed by atoms with Crippen LogP contribution in [0.1, 0.15) is 31.1 Å². The Morgan fingerprint density at radius 2 is 1.36 bits per heavy atom. The monoisotopic (exact) mass is 153 g/mol. The van der Waals surface area contributed by atoms with Crippen LogP contribution in [0.2, 0.25) is 0 Å². The first-order valence-corrected chi connectivity index (χ1v) is 3.84. The molecule has 1 heterocycles. The summed E-state index contributed by atoms with van der Waals surface area (Å²) in [6, 6.07) is 0. The van der Waals surface area contributed by atoms with Crippen LogP contribution in [-0.4, -0.2) is 15.2 Å². The van der Waals surface area contributed by atoms with Gasteiger partial charge in [-0.1, -0.05) is 13.8 Å². The number of hydrogen-bond donors (Lipinski definition) is 0. The van der Waals surface area contributed by atoms with E-state index < -0.39 is 0 Å². The molecule has 0 amide bonds. The number of rotatable bonds is 0. The third kappa shape index (κ3) is 3.07. The Labute approximate surface area is 67.9 Å². The molecule has 0 aromatic carbocycles. The van der Waals surface area contributed by atoms with E-state index in [0.29, 0.717) is 0 Å². The molecule has 0 aliphatic heterocycles. The molecule has 0 saturated heterocycles. The fourth-order valence-electron chi connectivity index (χ4n) is 0.566. The van der Waals surface area contributed by atoms with Crippen molar-refractivity contribution in [2.75, 3.05) is 0 Å². The Hall–Kier alpha value is -0.990. The highest BCUT2D eigenvalue weighted by Crippen LogP contribution is 1.95. The van der Waals surface area contributed by atoms with Crippen molar-refractivity contribution in [3.8, 4) is 0 Å². The fourth-order valence-corrected chi connectivity index (χ4v) is 0.566. The molecule has 3 heteroatoms. The van der Waals surface area contributed by atoms with Crippen LogP contribution in [0.25, 0.3) is 0 Å². The standard InChI is InChI=1S/C6H9N3.C2H6/c1-4-5(2)8-9-6(3)7-4;1-2/h1-3H3;1-2H3. The molecule has 1 aromatic rings. The molecule has 0 spiro atoms. The lowest BCUT2D eigenvalue weighted by atomic mass is 10.4. The van der Waals surface area contributed by atoms with E-state index in [-0.39, 0.29) is 0 Å². The molecule has 0 radical (unpaired) electrons. The zero-order valence-corrected chi connectivity index (χ0v) is 7.84. The first-order chi connectivity index (χ1) is 5.20. The molecule has 0 bridgehead atoms. The maximum absolute atomic E-state index is 4.10. The van der Waals surface area contributed by atoms with Crippen LogP contribution in [0.3, 0.4) is 0 Å². The van der Waals surface area contributed by atoms with E-state index in [9.17, 15) is 0 Å². The van der Waals surface area contributed by atoms with E-state index in [1.54, 1.807) is 0 Å². The minimum Gasteiger partial charge on any atom is -0.235 e. The summed E-state index contributed by atoms with van der Waals surface area (Å²) in [4.78, 5) is 4.10. The van der Waals surface area contributed by atoms with E-state index in [2.05, 4.69) is 15.2 Å². The van der Waals surface area contributed by atoms with Crippen molar-refractivity contribution in [3.63, 3.8) is 0 Å². The van der Waals surface area contributed by atoms with E-state index in [4.69, 9.17) is 0 Å². The number of aromatic nitrogens is 3. The summed E-state index contributed by atoms with van der Waals surface area (Å²) in [6.07, 6.45) is 0. The summed E-state index contributed by atoms with van der Waals surface area (Å²) in [6.45, 7) is 9.66. The van der Waals surface area contributed by atoms with Gasteiger partial charge < -0.3 is 0 Å². The van der Waals surface area contributed by atoms with Gasteiger partial charge in [0.1, 0.15) is 5.82 Å². The molecule has 0 atom stereocenters. The summed E-state index contributed by atoms with van der Waals surface area (Å²) < 4.78 is 0. The summed E-state index contributed by atoms with van der Waals surface area (Å²) in [5.41, 5.74) is 1.86. The van der Waals surface area contributed by atoms with Gasteiger partial charge in [0.25, 0.3) is 0 Å². The van der Waals surface area contributed by atoms with E-state index in [1.807, 2.05) is 34.6 Å². The lowest BCUT2D eigenvalue weighted by Gasteiger charge is -1.94. The third-order valence-corrected chi connectivity index (χ3v) is 1.20. The predicted molar refractivity (Wildman–Crippen MR) is 45.4 cm³/mol. The van der Waals surface area contributed by atoms with Crippen LogP contribution >= 0.6 is 0 Å². The first kappa shape index (κ1) is 10.0. The van der Waals surface area contributed by atoms with Crippen LogP contribution in [0.4, 0.5) is 0 Å². The minimum absolute atomic E-state index is 0.734. The van der Waals surface area contributed by atoms with Crippen molar-refractivity contribution < 1.29 is 0 Å². The third-order valence-electron chi connectivity index (χ3n) is 1.20. The maximum Gasteiger partial charge on any atom is 0.148 e. The van der Waals surface area contributed by atoms with E-state index >= 15 is 0 Å². The molecule has 0 fully saturated rings. The SMILES string of the molecule is CC.Cc1nnc(C)c(C)n1. The lowest BCUT2D eigenvalue weighted by molar-refractivity contribution is 0.848. The van der Waals surface area contributed by atoms with Gasteiger partial charge in [0.15, 0.2) is 0 Å². The van der Waals surface area contributed by atoms with Crippen molar-refractivity contribution >= 4 is 0 Å². The highest BCUT2D eigenvalue weighted by molar-refractivity contribution is 5.04. The second kappa shape index (κ2) is 4.77. The highest BCUT2D eigenvalue weighted by atomic mass is 15.1. The van der Waals surface area contributed by atoms with Gasteiger partial charge in [0.2, 0.25) is 0 Å². The molecule has 62 valence electrons. The molecule has 1 rings (SSSR count). The molecule has 11 heavy (non-hydrogen) atoms. The Bertz CT molecular complexity index is 221. The van der Waals surface area contributed by atoms with Crippen molar-refractivity contribution in [2.45, 2.75) is 34.6 Å². The summed E-state index contributed by atoms with van der Waals surface area (Å²) in [5.74, 6) is 0.734. The molecular formula is C8H15N3. The van der Waals surface area contributed by atoms with Crippen LogP contribution in [0, 0.1) is 20.8 Å². The van der Waals surface area contributed by atoms with Gasteiger partial charge >= 0.3 is 0 Å². The molecule has 3 nitrogen and oxygen atoms in total. The first-order valence-electron chi connectivity index (χ1n) is 3.84. The molecule has 0 unspecified atom stereocenters. The maximum atomic E-state index is 4.10. The lowest BCUT2D eigenvalue weighted by Crippen LogP contribution is -1.97. The minimum atomic E-state index is 0.734. The van der Waals surface area contributed by atoms with Crippen molar-refractivity contribution in [2.24, 2.45) is 0 Å². The number of hydrogen-bond acceptors (Lipinski definition) is 3. The normalized spacial score (nSPS) is 8.45. The highest BCUT2D eigenvalue weighted by Gasteiger charge is 1.93. The fraction of sp³-hybridized carbons (Fsp3) is 0.625. The van der Waals surface area contributed by atoms with Gasteiger partial charge in [-0.05, 0) is 20.8 Å². The second-order valence-electron chi connectivity index (χ2n) is 2.03. The Morgan fingerprint density at radius 3 is 1.73 bits per heavy atom. The summed E-state index contributed by atoms with van der Waals surface area (Å²) in [5, 5.41) is 7.64.